The number of fused-ring (bicyclic) bond motifs is 1. The van der Waals surface area contributed by atoms with Crippen molar-refractivity contribution in [1.29, 1.82) is 0 Å². The van der Waals surface area contributed by atoms with Gasteiger partial charge in [0.05, 0.1) is 17.5 Å². The van der Waals surface area contributed by atoms with Crippen molar-refractivity contribution in [1.82, 2.24) is 4.90 Å². The van der Waals surface area contributed by atoms with Gasteiger partial charge in [-0.1, -0.05) is 6.07 Å². The largest absolute Gasteiger partial charge is 0.319 e. The molecule has 6 nitrogen and oxygen atoms in total. The van der Waals surface area contributed by atoms with E-state index >= 15 is 0 Å². The summed E-state index contributed by atoms with van der Waals surface area (Å²) in [6.45, 7) is 4.66. The first-order valence-electron chi connectivity index (χ1n) is 9.33. The van der Waals surface area contributed by atoms with E-state index < -0.39 is 4.92 Å². The molecule has 1 aliphatic rings. The minimum absolute atomic E-state index is 0.0467. The van der Waals surface area contributed by atoms with E-state index in [1.54, 1.807) is 28.7 Å². The lowest BCUT2D eigenvalue weighted by molar-refractivity contribution is -0.384. The van der Waals surface area contributed by atoms with Crippen molar-refractivity contribution in [3.8, 4) is 0 Å². The molecule has 1 aromatic carbocycles. The van der Waals surface area contributed by atoms with Gasteiger partial charge >= 0.3 is 0 Å². The van der Waals surface area contributed by atoms with Crippen molar-refractivity contribution < 1.29 is 9.72 Å². The molecule has 0 spiro atoms. The van der Waals surface area contributed by atoms with E-state index in [1.807, 2.05) is 25.3 Å². The van der Waals surface area contributed by atoms with Crippen LogP contribution >= 0.6 is 22.7 Å². The van der Waals surface area contributed by atoms with Crippen molar-refractivity contribution in [3.05, 3.63) is 77.7 Å². The molecule has 150 valence electrons. The number of nitrogens with zero attached hydrogens (tertiary/aromatic N) is 2. The Morgan fingerprint density at radius 2 is 2.03 bits per heavy atom. The number of aryl methyl sites for hydroxylation is 2. The highest BCUT2D eigenvalue weighted by molar-refractivity contribution is 7.10. The van der Waals surface area contributed by atoms with Crippen LogP contribution in [-0.4, -0.2) is 28.8 Å². The molecule has 29 heavy (non-hydrogen) atoms. The van der Waals surface area contributed by atoms with Crippen molar-refractivity contribution in [2.75, 3.05) is 18.4 Å². The first-order valence-corrected chi connectivity index (χ1v) is 11.1. The third kappa shape index (κ3) is 3.96. The van der Waals surface area contributed by atoms with Crippen molar-refractivity contribution >= 4 is 40.0 Å². The molecule has 0 radical (unpaired) electrons. The van der Waals surface area contributed by atoms with E-state index in [0.717, 1.165) is 24.1 Å². The Balaban J connectivity index is 1.57. The van der Waals surface area contributed by atoms with Gasteiger partial charge in [-0.3, -0.25) is 19.8 Å². The fraction of sp³-hybridized carbons (Fsp3) is 0.286. The standard InChI is InChI=1S/C21H21N3O3S2/c1-13-10-16(17(24(26)27)11-14(13)2)22-20(25)12-23-7-5-18-15(6-9-29-18)21(23)19-4-3-8-28-19/h3-4,6,8-11,21H,5,7,12H2,1-2H3,(H,22,25)/t21-/m0/s1. The average molecular weight is 428 g/mol. The molecule has 3 aromatic rings. The minimum atomic E-state index is -0.449. The SMILES string of the molecule is Cc1cc(NC(=O)CN2CCc3sccc3[C@H]2c2cccs2)c([N+](=O)[O-])cc1C. The predicted octanol–water partition coefficient (Wildman–Crippen LogP) is 4.92. The summed E-state index contributed by atoms with van der Waals surface area (Å²) >= 11 is 3.44. The number of anilines is 1. The molecule has 0 saturated carbocycles. The molecule has 2 aromatic heterocycles. The van der Waals surface area contributed by atoms with E-state index in [0.29, 0.717) is 0 Å². The smallest absolute Gasteiger partial charge is 0.293 e. The first kappa shape index (κ1) is 19.8. The number of nitro benzene ring substituents is 1. The molecule has 0 bridgehead atoms. The number of rotatable bonds is 5. The van der Waals surface area contributed by atoms with Crippen LogP contribution < -0.4 is 5.32 Å². The summed E-state index contributed by atoms with van der Waals surface area (Å²) in [6.07, 6.45) is 0.909. The maximum absolute atomic E-state index is 12.8. The molecule has 4 rings (SSSR count). The maximum atomic E-state index is 12.8. The number of carbonyl (C=O) groups excluding carboxylic acids is 1. The van der Waals surface area contributed by atoms with Crippen LogP contribution in [0.5, 0.6) is 0 Å². The normalized spacial score (nSPS) is 16.4. The molecule has 1 atom stereocenters. The van der Waals surface area contributed by atoms with Crippen molar-refractivity contribution in [3.63, 3.8) is 0 Å². The zero-order valence-electron chi connectivity index (χ0n) is 16.2. The lowest BCUT2D eigenvalue weighted by atomic mass is 9.98. The topological polar surface area (TPSA) is 75.5 Å². The molecular weight excluding hydrogens is 406 g/mol. The summed E-state index contributed by atoms with van der Waals surface area (Å²) in [7, 11) is 0. The van der Waals surface area contributed by atoms with Gasteiger partial charge in [-0.15, -0.1) is 22.7 Å². The van der Waals surface area contributed by atoms with E-state index in [2.05, 4.69) is 27.7 Å². The Labute approximate surface area is 176 Å². The van der Waals surface area contributed by atoms with Crippen LogP contribution in [-0.2, 0) is 11.2 Å². The predicted molar refractivity (Wildman–Crippen MR) is 117 cm³/mol. The van der Waals surface area contributed by atoms with Crippen LogP contribution in [0.25, 0.3) is 0 Å². The molecule has 1 amide bonds. The number of nitrogens with one attached hydrogen (secondary N) is 1. The molecular formula is C21H21N3O3S2. The fourth-order valence-corrected chi connectivity index (χ4v) is 5.53. The highest BCUT2D eigenvalue weighted by atomic mass is 32.1. The van der Waals surface area contributed by atoms with Crippen molar-refractivity contribution in [2.45, 2.75) is 26.3 Å². The van der Waals surface area contributed by atoms with Gasteiger partial charge in [0.1, 0.15) is 5.69 Å². The average Bonchev–Trinajstić information content (AvgIpc) is 3.35. The Morgan fingerprint density at radius 1 is 1.24 bits per heavy atom. The number of nitro groups is 1. The molecule has 0 saturated heterocycles. The van der Waals surface area contributed by atoms with Gasteiger partial charge in [0, 0.05) is 22.4 Å². The zero-order chi connectivity index (χ0) is 20.5. The van der Waals surface area contributed by atoms with Crippen molar-refractivity contribution in [2.24, 2.45) is 0 Å². The Hall–Kier alpha value is -2.55. The summed E-state index contributed by atoms with van der Waals surface area (Å²) < 4.78 is 0. The molecule has 1 N–H and O–H groups in total. The summed E-state index contributed by atoms with van der Waals surface area (Å²) in [5, 5.41) is 18.3. The highest BCUT2D eigenvalue weighted by Crippen LogP contribution is 2.39. The van der Waals surface area contributed by atoms with Gasteiger partial charge in [0.15, 0.2) is 0 Å². The molecule has 0 fully saturated rings. The quantitative estimate of drug-likeness (QED) is 0.463. The zero-order valence-corrected chi connectivity index (χ0v) is 17.8. The van der Waals surface area contributed by atoms with Gasteiger partial charge in [-0.05, 0) is 65.9 Å². The van der Waals surface area contributed by atoms with Gasteiger partial charge in [0.2, 0.25) is 5.91 Å². The third-order valence-electron chi connectivity index (χ3n) is 5.31. The maximum Gasteiger partial charge on any atom is 0.293 e. The molecule has 0 unspecified atom stereocenters. The lowest BCUT2D eigenvalue weighted by Crippen LogP contribution is -2.40. The van der Waals surface area contributed by atoms with E-state index in [-0.39, 0.29) is 29.9 Å². The first-order chi connectivity index (χ1) is 13.9. The molecule has 0 aliphatic carbocycles. The summed E-state index contributed by atoms with van der Waals surface area (Å²) in [6, 6.07) is 9.50. The number of benzene rings is 1. The van der Waals surface area contributed by atoms with Crippen LogP contribution in [0.1, 0.15) is 32.5 Å². The molecule has 3 heterocycles. The van der Waals surface area contributed by atoms with E-state index in [4.69, 9.17) is 0 Å². The van der Waals surface area contributed by atoms with Crippen LogP contribution in [0, 0.1) is 24.0 Å². The van der Waals surface area contributed by atoms with Gasteiger partial charge in [0.25, 0.3) is 5.69 Å². The number of hydrogen-bond acceptors (Lipinski definition) is 6. The monoisotopic (exact) mass is 427 g/mol. The van der Waals surface area contributed by atoms with Gasteiger partial charge in [-0.25, -0.2) is 0 Å². The van der Waals surface area contributed by atoms with Crippen LogP contribution in [0.2, 0.25) is 0 Å². The Morgan fingerprint density at radius 3 is 2.76 bits per heavy atom. The minimum Gasteiger partial charge on any atom is -0.319 e. The number of carbonyl (C=O) groups is 1. The van der Waals surface area contributed by atoms with Crippen LogP contribution in [0.4, 0.5) is 11.4 Å². The second kappa shape index (κ2) is 8.06. The lowest BCUT2D eigenvalue weighted by Gasteiger charge is -2.34. The fourth-order valence-electron chi connectivity index (χ4n) is 3.75. The highest BCUT2D eigenvalue weighted by Gasteiger charge is 2.31. The number of hydrogen-bond donors (Lipinski definition) is 1. The third-order valence-corrected chi connectivity index (χ3v) is 7.23. The van der Waals surface area contributed by atoms with Gasteiger partial charge < -0.3 is 5.32 Å². The second-order valence-electron chi connectivity index (χ2n) is 7.20. The summed E-state index contributed by atoms with van der Waals surface area (Å²) in [4.78, 5) is 28.5. The van der Waals surface area contributed by atoms with E-state index in [1.165, 1.54) is 21.4 Å². The number of thiophene rings is 2. The molecule has 1 aliphatic heterocycles. The Kier molecular flexibility index (Phi) is 5.49. The van der Waals surface area contributed by atoms with E-state index in [9.17, 15) is 14.9 Å². The summed E-state index contributed by atoms with van der Waals surface area (Å²) in [5.74, 6) is -0.239. The van der Waals surface area contributed by atoms with Gasteiger partial charge in [-0.2, -0.15) is 0 Å². The van der Waals surface area contributed by atoms with Crippen LogP contribution in [0.3, 0.4) is 0 Å². The number of amides is 1. The Bertz CT molecular complexity index is 1060. The van der Waals surface area contributed by atoms with Crippen LogP contribution in [0.15, 0.2) is 41.1 Å². The molecule has 8 heteroatoms. The summed E-state index contributed by atoms with van der Waals surface area (Å²) in [5.41, 5.74) is 3.17. The second-order valence-corrected chi connectivity index (χ2v) is 9.18.